The molecule has 0 saturated heterocycles. The van der Waals surface area contributed by atoms with Gasteiger partial charge in [0.05, 0.1) is 14.2 Å². The molecule has 1 rings (SSSR count). The van der Waals surface area contributed by atoms with Crippen LogP contribution in [0.2, 0.25) is 0 Å². The molecule has 0 aliphatic heterocycles. The number of ether oxygens (including phenoxy) is 2. The van der Waals surface area contributed by atoms with Crippen LogP contribution in [0.5, 0.6) is 12.0 Å². The number of hydrogen-bond acceptors (Lipinski definition) is 6. The molecule has 0 saturated carbocycles. The fraction of sp³-hybridized carbons (Fsp3) is 0.750. The summed E-state index contributed by atoms with van der Waals surface area (Å²) in [6.45, 7) is 7.35. The Morgan fingerprint density at radius 3 is 2.00 bits per heavy atom. The van der Waals surface area contributed by atoms with Crippen molar-refractivity contribution in [2.45, 2.75) is 33.2 Å². The second-order valence-corrected chi connectivity index (χ2v) is 4.34. The summed E-state index contributed by atoms with van der Waals surface area (Å²) >= 11 is 0. The summed E-state index contributed by atoms with van der Waals surface area (Å²) in [5, 5.41) is 3.42. The molecular weight excluding hydrogens is 232 g/mol. The minimum absolute atomic E-state index is 0.288. The fourth-order valence-electron chi connectivity index (χ4n) is 1.65. The molecule has 6 nitrogen and oxygen atoms in total. The van der Waals surface area contributed by atoms with Crippen LogP contribution in [0, 0.1) is 5.92 Å². The summed E-state index contributed by atoms with van der Waals surface area (Å²) < 4.78 is 10.1. The number of hydrogen-bond donors (Lipinski definition) is 1. The first-order valence-electron chi connectivity index (χ1n) is 6.17. The molecular formula is C12H22N4O2. The van der Waals surface area contributed by atoms with Crippen LogP contribution < -0.4 is 14.8 Å². The summed E-state index contributed by atoms with van der Waals surface area (Å²) in [7, 11) is 3.06. The van der Waals surface area contributed by atoms with Crippen LogP contribution in [0.3, 0.4) is 0 Å². The normalized spacial score (nSPS) is 12.6. The highest BCUT2D eigenvalue weighted by Crippen LogP contribution is 2.12. The molecule has 0 aromatic carbocycles. The molecule has 0 bridgehead atoms. The van der Waals surface area contributed by atoms with E-state index in [0.717, 1.165) is 13.0 Å². The maximum Gasteiger partial charge on any atom is 0.322 e. The molecule has 102 valence electrons. The van der Waals surface area contributed by atoms with Gasteiger partial charge in [0.25, 0.3) is 0 Å². The third kappa shape index (κ3) is 4.10. The Bertz CT molecular complexity index is 349. The zero-order valence-electron chi connectivity index (χ0n) is 11.7. The lowest BCUT2D eigenvalue weighted by Crippen LogP contribution is -2.36. The summed E-state index contributed by atoms with van der Waals surface area (Å²) in [5.41, 5.74) is 0. The van der Waals surface area contributed by atoms with Gasteiger partial charge in [-0.15, -0.1) is 4.98 Å². The molecule has 6 heteroatoms. The molecule has 0 fully saturated rings. The maximum atomic E-state index is 5.04. The van der Waals surface area contributed by atoms with E-state index < -0.39 is 0 Å². The van der Waals surface area contributed by atoms with Gasteiger partial charge in [-0.2, -0.15) is 9.97 Å². The topological polar surface area (TPSA) is 69.2 Å². The van der Waals surface area contributed by atoms with Crippen LogP contribution in [0.15, 0.2) is 0 Å². The molecule has 1 aromatic rings. The number of methoxy groups -OCH3 is 2. The molecule has 0 aliphatic carbocycles. The quantitative estimate of drug-likeness (QED) is 0.785. The molecule has 1 heterocycles. The van der Waals surface area contributed by atoms with E-state index in [1.165, 1.54) is 14.2 Å². The van der Waals surface area contributed by atoms with Crippen molar-refractivity contribution in [3.63, 3.8) is 0 Å². The van der Waals surface area contributed by atoms with Crippen molar-refractivity contribution in [1.29, 1.82) is 0 Å². The monoisotopic (exact) mass is 254 g/mol. The SMILES string of the molecule is CCNC(Cc1nc(OC)nc(OC)n1)C(C)C. The van der Waals surface area contributed by atoms with Gasteiger partial charge in [-0.25, -0.2) is 0 Å². The number of likely N-dealkylation sites (N-methyl/N-ethyl adjacent to an activating group) is 1. The Balaban J connectivity index is 2.87. The van der Waals surface area contributed by atoms with Crippen molar-refractivity contribution in [2.75, 3.05) is 20.8 Å². The first-order chi connectivity index (χ1) is 8.60. The van der Waals surface area contributed by atoms with Gasteiger partial charge in [0, 0.05) is 12.5 Å². The molecule has 1 aromatic heterocycles. The van der Waals surface area contributed by atoms with Crippen LogP contribution in [-0.2, 0) is 6.42 Å². The van der Waals surface area contributed by atoms with Crippen molar-refractivity contribution in [3.8, 4) is 12.0 Å². The maximum absolute atomic E-state index is 5.04. The van der Waals surface area contributed by atoms with Gasteiger partial charge in [-0.05, 0) is 12.5 Å². The lowest BCUT2D eigenvalue weighted by Gasteiger charge is -2.20. The van der Waals surface area contributed by atoms with Gasteiger partial charge >= 0.3 is 12.0 Å². The van der Waals surface area contributed by atoms with Crippen LogP contribution in [0.25, 0.3) is 0 Å². The third-order valence-electron chi connectivity index (χ3n) is 2.68. The van der Waals surface area contributed by atoms with Crippen molar-refractivity contribution in [1.82, 2.24) is 20.3 Å². The Morgan fingerprint density at radius 2 is 1.61 bits per heavy atom. The smallest absolute Gasteiger partial charge is 0.322 e. The van der Waals surface area contributed by atoms with Gasteiger partial charge in [-0.3, -0.25) is 0 Å². The van der Waals surface area contributed by atoms with Gasteiger partial charge < -0.3 is 14.8 Å². The lowest BCUT2D eigenvalue weighted by molar-refractivity contribution is 0.330. The van der Waals surface area contributed by atoms with E-state index in [1.54, 1.807) is 0 Å². The van der Waals surface area contributed by atoms with E-state index in [0.29, 0.717) is 17.8 Å². The van der Waals surface area contributed by atoms with Gasteiger partial charge in [0.15, 0.2) is 0 Å². The predicted octanol–water partition coefficient (Wildman–Crippen LogP) is 1.07. The first kappa shape index (κ1) is 14.6. The second-order valence-electron chi connectivity index (χ2n) is 4.34. The molecule has 1 atom stereocenters. The molecule has 0 radical (unpaired) electrons. The Morgan fingerprint density at radius 1 is 1.06 bits per heavy atom. The Labute approximate surface area is 108 Å². The Hall–Kier alpha value is -1.43. The van der Waals surface area contributed by atoms with Crippen molar-refractivity contribution in [3.05, 3.63) is 5.82 Å². The highest BCUT2D eigenvalue weighted by atomic mass is 16.5. The van der Waals surface area contributed by atoms with E-state index in [2.05, 4.69) is 41.0 Å². The van der Waals surface area contributed by atoms with E-state index >= 15 is 0 Å². The van der Waals surface area contributed by atoms with E-state index in [9.17, 15) is 0 Å². The Kier molecular flexibility index (Phi) is 5.77. The van der Waals surface area contributed by atoms with Crippen LogP contribution >= 0.6 is 0 Å². The molecule has 0 amide bonds. The molecule has 0 spiro atoms. The summed E-state index contributed by atoms with van der Waals surface area (Å²) in [5.74, 6) is 1.18. The van der Waals surface area contributed by atoms with E-state index in [-0.39, 0.29) is 12.0 Å². The largest absolute Gasteiger partial charge is 0.467 e. The molecule has 18 heavy (non-hydrogen) atoms. The number of nitrogens with one attached hydrogen (secondary N) is 1. The van der Waals surface area contributed by atoms with E-state index in [1.807, 2.05) is 0 Å². The van der Waals surface area contributed by atoms with E-state index in [4.69, 9.17) is 9.47 Å². The number of rotatable bonds is 7. The third-order valence-corrected chi connectivity index (χ3v) is 2.68. The van der Waals surface area contributed by atoms with Gasteiger partial charge in [-0.1, -0.05) is 20.8 Å². The van der Waals surface area contributed by atoms with Crippen LogP contribution in [-0.4, -0.2) is 41.8 Å². The van der Waals surface area contributed by atoms with Crippen LogP contribution in [0.4, 0.5) is 0 Å². The zero-order chi connectivity index (χ0) is 13.5. The van der Waals surface area contributed by atoms with Crippen molar-refractivity contribution >= 4 is 0 Å². The van der Waals surface area contributed by atoms with Gasteiger partial charge in [0.1, 0.15) is 5.82 Å². The summed E-state index contributed by atoms with van der Waals surface area (Å²) in [6.07, 6.45) is 0.723. The fourth-order valence-corrected chi connectivity index (χ4v) is 1.65. The molecule has 1 unspecified atom stereocenters. The lowest BCUT2D eigenvalue weighted by atomic mass is 10.0. The highest BCUT2D eigenvalue weighted by molar-refractivity contribution is 5.06. The standard InChI is InChI=1S/C12H22N4O2/c1-6-13-9(8(2)3)7-10-14-11(17-4)16-12(15-10)18-5/h8-9,13H,6-7H2,1-5H3. The molecule has 1 N–H and O–H groups in total. The zero-order valence-corrected chi connectivity index (χ0v) is 11.7. The number of nitrogens with zero attached hydrogens (tertiary/aromatic N) is 3. The minimum Gasteiger partial charge on any atom is -0.467 e. The average Bonchev–Trinajstić information content (AvgIpc) is 2.37. The average molecular weight is 254 g/mol. The van der Waals surface area contributed by atoms with Crippen molar-refractivity contribution < 1.29 is 9.47 Å². The predicted molar refractivity (Wildman–Crippen MR) is 68.9 cm³/mol. The second kappa shape index (κ2) is 7.10. The first-order valence-corrected chi connectivity index (χ1v) is 6.17. The summed E-state index contributed by atoms with van der Waals surface area (Å²) in [4.78, 5) is 12.5. The van der Waals surface area contributed by atoms with Crippen LogP contribution in [0.1, 0.15) is 26.6 Å². The highest BCUT2D eigenvalue weighted by Gasteiger charge is 2.16. The van der Waals surface area contributed by atoms with Gasteiger partial charge in [0.2, 0.25) is 0 Å². The molecule has 0 aliphatic rings. The minimum atomic E-state index is 0.288. The number of aromatic nitrogens is 3. The summed E-state index contributed by atoms with van der Waals surface area (Å²) in [6, 6.07) is 0.901. The van der Waals surface area contributed by atoms with Crippen molar-refractivity contribution in [2.24, 2.45) is 5.92 Å².